The van der Waals surface area contributed by atoms with Crippen molar-refractivity contribution in [3.63, 3.8) is 0 Å². The van der Waals surface area contributed by atoms with Gasteiger partial charge in [0, 0.05) is 28.8 Å². The number of benzene rings is 2. The molecule has 0 saturated heterocycles. The minimum absolute atomic E-state index is 0.0595. The second-order valence-corrected chi connectivity index (χ2v) is 6.30. The van der Waals surface area contributed by atoms with Crippen molar-refractivity contribution in [3.05, 3.63) is 78.1 Å². The molecule has 0 fully saturated rings. The first kappa shape index (κ1) is 14.7. The molecule has 0 atom stereocenters. The van der Waals surface area contributed by atoms with E-state index in [4.69, 9.17) is 0 Å². The number of anilines is 1. The van der Waals surface area contributed by atoms with Gasteiger partial charge in [-0.25, -0.2) is 4.98 Å². The van der Waals surface area contributed by atoms with Crippen LogP contribution >= 0.6 is 11.3 Å². The maximum absolute atomic E-state index is 12.4. The summed E-state index contributed by atoms with van der Waals surface area (Å²) in [5, 5.41) is 7.94. The molecule has 0 aliphatic carbocycles. The lowest BCUT2D eigenvalue weighted by atomic mass is 10.1. The molecule has 24 heavy (non-hydrogen) atoms. The van der Waals surface area contributed by atoms with Crippen LogP contribution in [0.3, 0.4) is 0 Å². The Labute approximate surface area is 143 Å². The predicted octanol–water partition coefficient (Wildman–Crippen LogP) is 4.27. The van der Waals surface area contributed by atoms with E-state index in [1.54, 1.807) is 0 Å². The van der Waals surface area contributed by atoms with Crippen LogP contribution < -0.4 is 5.32 Å². The van der Waals surface area contributed by atoms with E-state index in [9.17, 15) is 4.79 Å². The van der Waals surface area contributed by atoms with E-state index in [-0.39, 0.29) is 12.3 Å². The highest BCUT2D eigenvalue weighted by atomic mass is 32.1. The average Bonchev–Trinajstić information content (AvgIpc) is 3.26. The highest BCUT2D eigenvalue weighted by Crippen LogP contribution is 2.23. The number of amides is 1. The van der Waals surface area contributed by atoms with Crippen molar-refractivity contribution in [3.8, 4) is 5.13 Å². The zero-order valence-corrected chi connectivity index (χ0v) is 13.7. The summed E-state index contributed by atoms with van der Waals surface area (Å²) < 4.78 is 1.94. The van der Waals surface area contributed by atoms with Crippen molar-refractivity contribution >= 4 is 33.7 Å². The Hall–Kier alpha value is -2.92. The Morgan fingerprint density at radius 2 is 1.83 bits per heavy atom. The van der Waals surface area contributed by atoms with Gasteiger partial charge >= 0.3 is 0 Å². The first-order valence-corrected chi connectivity index (χ1v) is 8.53. The molecule has 0 unspecified atom stereocenters. The van der Waals surface area contributed by atoms with Gasteiger partial charge in [0.2, 0.25) is 5.91 Å². The van der Waals surface area contributed by atoms with E-state index in [0.29, 0.717) is 0 Å². The number of carbonyl (C=O) groups excluding carboxylic acids is 1. The van der Waals surface area contributed by atoms with Crippen LogP contribution in [0.15, 0.2) is 72.4 Å². The zero-order chi connectivity index (χ0) is 16.4. The lowest BCUT2D eigenvalue weighted by Crippen LogP contribution is -2.14. The molecule has 1 N–H and O–H groups in total. The number of hydrogen-bond acceptors (Lipinski definition) is 3. The predicted molar refractivity (Wildman–Crippen MR) is 97.7 cm³/mol. The van der Waals surface area contributed by atoms with Crippen LogP contribution in [0, 0.1) is 0 Å². The number of rotatable bonds is 4. The van der Waals surface area contributed by atoms with Crippen molar-refractivity contribution in [1.29, 1.82) is 0 Å². The molecular weight excluding hydrogens is 318 g/mol. The van der Waals surface area contributed by atoms with Gasteiger partial charge in [-0.2, -0.15) is 0 Å². The molecule has 0 spiro atoms. The van der Waals surface area contributed by atoms with Crippen LogP contribution in [0.2, 0.25) is 0 Å². The summed E-state index contributed by atoms with van der Waals surface area (Å²) in [6.45, 7) is 0. The van der Waals surface area contributed by atoms with Gasteiger partial charge < -0.3 is 9.88 Å². The lowest BCUT2D eigenvalue weighted by Gasteiger charge is -2.08. The van der Waals surface area contributed by atoms with Crippen LogP contribution in [-0.2, 0) is 11.2 Å². The molecule has 4 aromatic rings. The van der Waals surface area contributed by atoms with E-state index >= 15 is 0 Å². The minimum atomic E-state index is -0.0595. The highest BCUT2D eigenvalue weighted by molar-refractivity contribution is 7.12. The lowest BCUT2D eigenvalue weighted by molar-refractivity contribution is -0.115. The number of aromatic nitrogens is 2. The van der Waals surface area contributed by atoms with Gasteiger partial charge in [-0.1, -0.05) is 36.4 Å². The fourth-order valence-corrected chi connectivity index (χ4v) is 3.44. The van der Waals surface area contributed by atoms with Crippen molar-refractivity contribution in [2.75, 3.05) is 5.32 Å². The molecule has 118 valence electrons. The monoisotopic (exact) mass is 333 g/mol. The van der Waals surface area contributed by atoms with Gasteiger partial charge in [-0.3, -0.25) is 4.79 Å². The first-order chi connectivity index (χ1) is 11.8. The van der Waals surface area contributed by atoms with Crippen LogP contribution in [-0.4, -0.2) is 15.5 Å². The summed E-state index contributed by atoms with van der Waals surface area (Å²) in [4.78, 5) is 16.9. The Bertz CT molecular complexity index is 983. The minimum Gasteiger partial charge on any atom is -0.325 e. The maximum Gasteiger partial charge on any atom is 0.230 e. The molecule has 0 bridgehead atoms. The topological polar surface area (TPSA) is 46.9 Å². The van der Waals surface area contributed by atoms with E-state index in [1.165, 1.54) is 11.3 Å². The second-order valence-electron chi connectivity index (χ2n) is 5.46. The normalized spacial score (nSPS) is 10.8. The van der Waals surface area contributed by atoms with Crippen LogP contribution in [0.5, 0.6) is 0 Å². The quantitative estimate of drug-likeness (QED) is 0.606. The number of nitrogens with one attached hydrogen (secondary N) is 1. The third kappa shape index (κ3) is 2.94. The molecule has 0 saturated carbocycles. The third-order valence-corrected chi connectivity index (χ3v) is 4.67. The van der Waals surface area contributed by atoms with Gasteiger partial charge in [0.1, 0.15) is 0 Å². The van der Waals surface area contributed by atoms with Gasteiger partial charge in [-0.15, -0.1) is 11.3 Å². The molecule has 5 heteroatoms. The molecule has 4 nitrogen and oxygen atoms in total. The smallest absolute Gasteiger partial charge is 0.230 e. The van der Waals surface area contributed by atoms with Gasteiger partial charge in [0.25, 0.3) is 0 Å². The fourth-order valence-electron chi connectivity index (χ4n) is 2.65. The Morgan fingerprint density at radius 1 is 1.04 bits per heavy atom. The Balaban J connectivity index is 1.50. The van der Waals surface area contributed by atoms with E-state index in [2.05, 4.69) is 10.3 Å². The summed E-state index contributed by atoms with van der Waals surface area (Å²) >= 11 is 1.53. The summed E-state index contributed by atoms with van der Waals surface area (Å²) in [5.74, 6) is -0.0595. The summed E-state index contributed by atoms with van der Waals surface area (Å²) in [7, 11) is 0. The maximum atomic E-state index is 12.4. The van der Waals surface area contributed by atoms with Crippen molar-refractivity contribution in [2.45, 2.75) is 6.42 Å². The average molecular weight is 333 g/mol. The SMILES string of the molecule is O=C(Cc1csc(-n2cccc2)n1)Nc1cccc2ccccc12. The van der Waals surface area contributed by atoms with Gasteiger partial charge in [0.15, 0.2) is 5.13 Å². The van der Waals surface area contributed by atoms with Crippen LogP contribution in [0.1, 0.15) is 5.69 Å². The van der Waals surface area contributed by atoms with Crippen LogP contribution in [0.4, 0.5) is 5.69 Å². The van der Waals surface area contributed by atoms with E-state index in [1.807, 2.05) is 76.9 Å². The van der Waals surface area contributed by atoms with Crippen molar-refractivity contribution in [1.82, 2.24) is 9.55 Å². The molecular formula is C19H15N3OS. The van der Waals surface area contributed by atoms with Crippen molar-refractivity contribution < 1.29 is 4.79 Å². The van der Waals surface area contributed by atoms with Crippen LogP contribution in [0.25, 0.3) is 15.9 Å². The number of thiazole rings is 1. The van der Waals surface area contributed by atoms with Gasteiger partial charge in [-0.05, 0) is 23.6 Å². The molecule has 0 radical (unpaired) electrons. The Kier molecular flexibility index (Phi) is 3.84. The number of hydrogen-bond donors (Lipinski definition) is 1. The molecule has 1 amide bonds. The molecule has 0 aliphatic heterocycles. The molecule has 4 rings (SSSR count). The van der Waals surface area contributed by atoms with Gasteiger partial charge in [0.05, 0.1) is 12.1 Å². The fraction of sp³-hybridized carbons (Fsp3) is 0.0526. The number of nitrogens with zero attached hydrogens (tertiary/aromatic N) is 2. The van der Waals surface area contributed by atoms with E-state index < -0.39 is 0 Å². The second kappa shape index (κ2) is 6.29. The summed E-state index contributed by atoms with van der Waals surface area (Å²) in [6, 6.07) is 17.8. The standard InChI is InChI=1S/C19H15N3OS/c23-18(12-15-13-24-19(20-15)22-10-3-4-11-22)21-17-9-5-7-14-6-1-2-8-16(14)17/h1-11,13H,12H2,(H,21,23). The molecule has 2 aromatic carbocycles. The number of carbonyl (C=O) groups is 1. The molecule has 2 heterocycles. The zero-order valence-electron chi connectivity index (χ0n) is 12.8. The number of fused-ring (bicyclic) bond motifs is 1. The molecule has 2 aromatic heterocycles. The summed E-state index contributed by atoms with van der Waals surface area (Å²) in [5.41, 5.74) is 1.61. The highest BCUT2D eigenvalue weighted by Gasteiger charge is 2.10. The Morgan fingerprint density at radius 3 is 2.71 bits per heavy atom. The van der Waals surface area contributed by atoms with Crippen molar-refractivity contribution in [2.24, 2.45) is 0 Å². The first-order valence-electron chi connectivity index (χ1n) is 7.65. The third-order valence-electron chi connectivity index (χ3n) is 3.77. The molecule has 0 aliphatic rings. The summed E-state index contributed by atoms with van der Waals surface area (Å²) in [6.07, 6.45) is 4.15. The van der Waals surface area contributed by atoms with E-state index in [0.717, 1.165) is 27.3 Å². The largest absolute Gasteiger partial charge is 0.325 e.